The third kappa shape index (κ3) is 4.21. The van der Waals surface area contributed by atoms with E-state index in [1.165, 1.54) is 19.3 Å². The number of anilines is 1. The third-order valence-electron chi connectivity index (χ3n) is 7.75. The Morgan fingerprint density at radius 1 is 0.972 bits per heavy atom. The molecule has 0 spiro atoms. The van der Waals surface area contributed by atoms with Crippen LogP contribution in [0.5, 0.6) is 11.5 Å². The normalized spacial score (nSPS) is 21.0. The maximum Gasteiger partial charge on any atom is 0.276 e. The highest BCUT2D eigenvalue weighted by molar-refractivity contribution is 6.14. The van der Waals surface area contributed by atoms with Crippen molar-refractivity contribution in [2.24, 2.45) is 0 Å². The van der Waals surface area contributed by atoms with Crippen LogP contribution in [0.25, 0.3) is 10.9 Å². The van der Waals surface area contributed by atoms with Gasteiger partial charge in [-0.05, 0) is 44.0 Å². The molecule has 7 heteroatoms. The summed E-state index contributed by atoms with van der Waals surface area (Å²) in [6.45, 7) is 2.21. The largest absolute Gasteiger partial charge is 0.497 e. The Kier molecular flexibility index (Phi) is 6.65. The minimum Gasteiger partial charge on any atom is -0.497 e. The van der Waals surface area contributed by atoms with E-state index in [2.05, 4.69) is 5.32 Å². The van der Waals surface area contributed by atoms with Gasteiger partial charge in [0.2, 0.25) is 5.91 Å². The minimum absolute atomic E-state index is 0.118. The Hall–Kier alpha value is -3.48. The molecule has 3 aromatic rings. The molecule has 0 unspecified atom stereocenters. The lowest BCUT2D eigenvalue weighted by Crippen LogP contribution is -2.65. The molecule has 36 heavy (non-hydrogen) atoms. The maximum atomic E-state index is 14.2. The SMILES string of the molecule is COc1ccc(N2C(=O)c3cc4ccccc4n3C[C@]2(C)C(=O)NC2CCCCCCC2)c(OC)c1. The molecular formula is C29H35N3O4. The average molecular weight is 490 g/mol. The van der Waals surface area contributed by atoms with Crippen LogP contribution in [0.2, 0.25) is 0 Å². The summed E-state index contributed by atoms with van der Waals surface area (Å²) < 4.78 is 13.0. The summed E-state index contributed by atoms with van der Waals surface area (Å²) in [6, 6.07) is 15.3. The highest BCUT2D eigenvalue weighted by Crippen LogP contribution is 2.41. The summed E-state index contributed by atoms with van der Waals surface area (Å²) in [4.78, 5) is 29.9. The van der Waals surface area contributed by atoms with Gasteiger partial charge >= 0.3 is 0 Å². The number of nitrogens with zero attached hydrogens (tertiary/aromatic N) is 2. The zero-order valence-electron chi connectivity index (χ0n) is 21.4. The lowest BCUT2D eigenvalue weighted by Gasteiger charge is -2.45. The highest BCUT2D eigenvalue weighted by atomic mass is 16.5. The van der Waals surface area contributed by atoms with Gasteiger partial charge in [-0.1, -0.05) is 50.3 Å². The second kappa shape index (κ2) is 9.88. The van der Waals surface area contributed by atoms with Gasteiger partial charge in [-0.25, -0.2) is 0 Å². The number of amides is 2. The summed E-state index contributed by atoms with van der Waals surface area (Å²) >= 11 is 0. The van der Waals surface area contributed by atoms with Gasteiger partial charge in [0, 0.05) is 23.0 Å². The van der Waals surface area contributed by atoms with Crippen LogP contribution >= 0.6 is 0 Å². The predicted octanol–water partition coefficient (Wildman–Crippen LogP) is 5.31. The van der Waals surface area contributed by atoms with E-state index in [1.807, 2.05) is 41.8 Å². The van der Waals surface area contributed by atoms with Gasteiger partial charge in [0.25, 0.3) is 5.91 Å². The van der Waals surface area contributed by atoms with Gasteiger partial charge in [-0.15, -0.1) is 0 Å². The van der Waals surface area contributed by atoms with Crippen LogP contribution in [-0.2, 0) is 11.3 Å². The monoisotopic (exact) mass is 489 g/mol. The van der Waals surface area contributed by atoms with E-state index in [1.54, 1.807) is 37.3 Å². The van der Waals surface area contributed by atoms with Gasteiger partial charge in [0.05, 0.1) is 26.5 Å². The fourth-order valence-electron chi connectivity index (χ4n) is 5.73. The fourth-order valence-corrected chi connectivity index (χ4v) is 5.73. The first-order chi connectivity index (χ1) is 17.5. The van der Waals surface area contributed by atoms with Gasteiger partial charge in [0.15, 0.2) is 0 Å². The zero-order valence-corrected chi connectivity index (χ0v) is 21.4. The van der Waals surface area contributed by atoms with E-state index in [4.69, 9.17) is 9.47 Å². The van der Waals surface area contributed by atoms with Crippen LogP contribution in [-0.4, -0.2) is 42.2 Å². The van der Waals surface area contributed by atoms with Crippen molar-refractivity contribution in [1.82, 2.24) is 9.88 Å². The molecule has 7 nitrogen and oxygen atoms in total. The minimum atomic E-state index is -1.16. The van der Waals surface area contributed by atoms with Crippen LogP contribution in [0.3, 0.4) is 0 Å². The van der Waals surface area contributed by atoms with Crippen LogP contribution in [0.4, 0.5) is 5.69 Å². The lowest BCUT2D eigenvalue weighted by molar-refractivity contribution is -0.127. The summed E-state index contributed by atoms with van der Waals surface area (Å²) in [5.41, 5.74) is 0.906. The van der Waals surface area contributed by atoms with Crippen molar-refractivity contribution >= 4 is 28.4 Å². The molecule has 2 aromatic carbocycles. The number of carbonyl (C=O) groups excluding carboxylic acids is 2. The summed E-state index contributed by atoms with van der Waals surface area (Å²) in [7, 11) is 3.15. The molecule has 1 fully saturated rings. The summed E-state index contributed by atoms with van der Waals surface area (Å²) in [6.07, 6.45) is 7.85. The molecule has 0 saturated heterocycles. The first-order valence-electron chi connectivity index (χ1n) is 12.9. The summed E-state index contributed by atoms with van der Waals surface area (Å²) in [5, 5.41) is 4.32. The Morgan fingerprint density at radius 3 is 2.42 bits per heavy atom. The molecule has 1 atom stereocenters. The molecule has 1 aliphatic heterocycles. The average Bonchev–Trinajstić information content (AvgIpc) is 3.24. The second-order valence-electron chi connectivity index (χ2n) is 10.1. The number of benzene rings is 2. The molecular weight excluding hydrogens is 454 g/mol. The zero-order chi connectivity index (χ0) is 25.3. The van der Waals surface area contributed by atoms with E-state index < -0.39 is 5.54 Å². The van der Waals surface area contributed by atoms with Crippen LogP contribution in [0, 0.1) is 0 Å². The van der Waals surface area contributed by atoms with Gasteiger partial charge < -0.3 is 19.4 Å². The van der Waals surface area contributed by atoms with E-state index in [9.17, 15) is 9.59 Å². The number of ether oxygens (including phenoxy) is 2. The van der Waals surface area contributed by atoms with Crippen molar-refractivity contribution in [3.05, 3.63) is 54.2 Å². The number of rotatable bonds is 5. The molecule has 0 radical (unpaired) electrons. The first kappa shape index (κ1) is 24.2. The smallest absolute Gasteiger partial charge is 0.276 e. The van der Waals surface area contributed by atoms with E-state index >= 15 is 0 Å². The van der Waals surface area contributed by atoms with Crippen LogP contribution in [0.1, 0.15) is 62.4 Å². The Morgan fingerprint density at radius 2 is 1.69 bits per heavy atom. The standard InChI is InChI=1S/C29H35N3O4/c1-29(28(34)30-21-12-7-5-4-6-8-13-21)19-31-23-14-10-9-11-20(23)17-25(31)27(33)32(29)24-16-15-22(35-2)18-26(24)36-3/h9-11,14-18,21H,4-8,12-13,19H2,1-3H3,(H,30,34)/t29-/m1/s1. The van der Waals surface area contributed by atoms with Crippen LogP contribution in [0.15, 0.2) is 48.5 Å². The molecule has 2 aliphatic rings. The number of fused-ring (bicyclic) bond motifs is 3. The van der Waals surface area contributed by atoms with Crippen molar-refractivity contribution in [3.8, 4) is 11.5 Å². The predicted molar refractivity (Wildman–Crippen MR) is 141 cm³/mol. The number of carbonyl (C=O) groups is 2. The Labute approximate surface area is 212 Å². The molecule has 1 N–H and O–H groups in total. The molecule has 190 valence electrons. The Bertz CT molecular complexity index is 1270. The van der Waals surface area contributed by atoms with Crippen molar-refractivity contribution in [2.75, 3.05) is 19.1 Å². The third-order valence-corrected chi connectivity index (χ3v) is 7.75. The van der Waals surface area contributed by atoms with Gasteiger partial charge in [-0.3, -0.25) is 14.5 Å². The Balaban J connectivity index is 1.60. The van der Waals surface area contributed by atoms with E-state index in [0.29, 0.717) is 29.4 Å². The molecule has 0 bridgehead atoms. The van der Waals surface area contributed by atoms with Crippen molar-refractivity contribution in [3.63, 3.8) is 0 Å². The van der Waals surface area contributed by atoms with E-state index in [0.717, 1.165) is 36.6 Å². The number of methoxy groups -OCH3 is 2. The molecule has 2 heterocycles. The molecule has 1 aliphatic carbocycles. The fraction of sp³-hybridized carbons (Fsp3) is 0.448. The van der Waals surface area contributed by atoms with Crippen molar-refractivity contribution in [2.45, 2.75) is 70.0 Å². The van der Waals surface area contributed by atoms with Crippen LogP contribution < -0.4 is 19.7 Å². The van der Waals surface area contributed by atoms with Gasteiger partial charge in [-0.2, -0.15) is 0 Å². The molecule has 1 aromatic heterocycles. The van der Waals surface area contributed by atoms with E-state index in [-0.39, 0.29) is 17.9 Å². The second-order valence-corrected chi connectivity index (χ2v) is 10.1. The topological polar surface area (TPSA) is 72.8 Å². The highest BCUT2D eigenvalue weighted by Gasteiger charge is 2.49. The summed E-state index contributed by atoms with van der Waals surface area (Å²) in [5.74, 6) is 0.742. The van der Waals surface area contributed by atoms with Crippen molar-refractivity contribution in [1.29, 1.82) is 0 Å². The lowest BCUT2D eigenvalue weighted by atomic mass is 9.91. The number of hydrogen-bond acceptors (Lipinski definition) is 4. The quantitative estimate of drug-likeness (QED) is 0.527. The number of hydrogen-bond donors (Lipinski definition) is 1. The van der Waals surface area contributed by atoms with Crippen molar-refractivity contribution < 1.29 is 19.1 Å². The molecule has 1 saturated carbocycles. The number of nitrogens with one attached hydrogen (secondary N) is 1. The molecule has 2 amide bonds. The maximum absolute atomic E-state index is 14.2. The van der Waals surface area contributed by atoms with Gasteiger partial charge in [0.1, 0.15) is 22.7 Å². The first-order valence-corrected chi connectivity index (χ1v) is 12.9. The number of aromatic nitrogens is 1. The molecule has 5 rings (SSSR count). The number of para-hydroxylation sites is 1.